The number of hydrogen-bond acceptors (Lipinski definition) is 4. The Morgan fingerprint density at radius 2 is 1.71 bits per heavy atom. The number of phenols is 1. The first kappa shape index (κ1) is 18.2. The topological polar surface area (TPSA) is 49.9 Å². The SMILES string of the molecule is Oc1cccc(-c2cs/c(=N/N=C/c3ccc(Cl)cc3)n2-c2ccccc2)c1. The molecule has 0 saturated carbocycles. The molecule has 1 N–H and O–H groups in total. The molecule has 0 saturated heterocycles. The fourth-order valence-corrected chi connectivity index (χ4v) is 3.76. The van der Waals surface area contributed by atoms with E-state index in [9.17, 15) is 5.11 Å². The second kappa shape index (κ2) is 8.25. The summed E-state index contributed by atoms with van der Waals surface area (Å²) in [4.78, 5) is 0.731. The van der Waals surface area contributed by atoms with Crippen LogP contribution in [0.2, 0.25) is 5.02 Å². The van der Waals surface area contributed by atoms with E-state index in [1.165, 1.54) is 11.3 Å². The van der Waals surface area contributed by atoms with Gasteiger partial charge in [-0.05, 0) is 42.0 Å². The van der Waals surface area contributed by atoms with Gasteiger partial charge < -0.3 is 5.11 Å². The average Bonchev–Trinajstić information content (AvgIpc) is 3.14. The van der Waals surface area contributed by atoms with Crippen LogP contribution >= 0.6 is 22.9 Å². The molecular formula is C22H16ClN3OS. The zero-order chi connectivity index (χ0) is 19.3. The predicted octanol–water partition coefficient (Wildman–Crippen LogP) is 5.50. The van der Waals surface area contributed by atoms with Gasteiger partial charge in [0.05, 0.1) is 11.9 Å². The molecule has 1 heterocycles. The van der Waals surface area contributed by atoms with Gasteiger partial charge >= 0.3 is 0 Å². The molecular weight excluding hydrogens is 390 g/mol. The minimum Gasteiger partial charge on any atom is -0.508 e. The molecule has 0 aliphatic rings. The molecule has 0 aliphatic heterocycles. The zero-order valence-electron chi connectivity index (χ0n) is 14.7. The van der Waals surface area contributed by atoms with Crippen molar-refractivity contribution in [2.24, 2.45) is 10.2 Å². The Labute approximate surface area is 171 Å². The quantitative estimate of drug-likeness (QED) is 0.353. The van der Waals surface area contributed by atoms with Crippen LogP contribution in [0, 0.1) is 0 Å². The molecule has 4 rings (SSSR count). The summed E-state index contributed by atoms with van der Waals surface area (Å²) in [7, 11) is 0. The highest BCUT2D eigenvalue weighted by molar-refractivity contribution is 7.07. The van der Waals surface area contributed by atoms with Crippen molar-refractivity contribution >= 4 is 29.2 Å². The lowest BCUT2D eigenvalue weighted by Crippen LogP contribution is -2.13. The van der Waals surface area contributed by atoms with Gasteiger partial charge in [0.25, 0.3) is 0 Å². The molecule has 6 heteroatoms. The molecule has 0 radical (unpaired) electrons. The molecule has 0 bridgehead atoms. The van der Waals surface area contributed by atoms with Crippen molar-refractivity contribution in [3.63, 3.8) is 0 Å². The van der Waals surface area contributed by atoms with E-state index in [2.05, 4.69) is 10.2 Å². The van der Waals surface area contributed by atoms with Gasteiger partial charge in [-0.2, -0.15) is 5.10 Å². The number of rotatable bonds is 4. The summed E-state index contributed by atoms with van der Waals surface area (Å²) < 4.78 is 2.03. The minimum atomic E-state index is 0.225. The van der Waals surface area contributed by atoms with E-state index in [1.54, 1.807) is 18.3 Å². The van der Waals surface area contributed by atoms with E-state index in [-0.39, 0.29) is 5.75 Å². The van der Waals surface area contributed by atoms with Gasteiger partial charge in [0.15, 0.2) is 0 Å². The summed E-state index contributed by atoms with van der Waals surface area (Å²) in [6, 6.07) is 24.6. The van der Waals surface area contributed by atoms with Crippen molar-refractivity contribution in [1.29, 1.82) is 0 Å². The maximum Gasteiger partial charge on any atom is 0.215 e. The summed E-state index contributed by atoms with van der Waals surface area (Å²) in [5, 5.41) is 21.2. The second-order valence-electron chi connectivity index (χ2n) is 6.02. The van der Waals surface area contributed by atoms with Crippen molar-refractivity contribution in [2.45, 2.75) is 0 Å². The molecule has 0 fully saturated rings. The summed E-state index contributed by atoms with van der Waals surface area (Å²) in [5.74, 6) is 0.225. The number of hydrogen-bond donors (Lipinski definition) is 1. The van der Waals surface area contributed by atoms with Gasteiger partial charge in [-0.25, -0.2) is 0 Å². The van der Waals surface area contributed by atoms with E-state index in [0.29, 0.717) is 5.02 Å². The van der Waals surface area contributed by atoms with Crippen molar-refractivity contribution in [3.05, 3.63) is 99.6 Å². The summed E-state index contributed by atoms with van der Waals surface area (Å²) in [5.41, 5.74) is 3.74. The number of halogens is 1. The number of nitrogens with zero attached hydrogens (tertiary/aromatic N) is 3. The first-order valence-corrected chi connectivity index (χ1v) is 9.84. The van der Waals surface area contributed by atoms with Gasteiger partial charge in [0.1, 0.15) is 5.75 Å². The van der Waals surface area contributed by atoms with E-state index in [4.69, 9.17) is 11.6 Å². The van der Waals surface area contributed by atoms with Crippen molar-refractivity contribution in [3.8, 4) is 22.7 Å². The van der Waals surface area contributed by atoms with E-state index in [0.717, 1.165) is 27.3 Å². The molecule has 3 aromatic carbocycles. The van der Waals surface area contributed by atoms with Crippen LogP contribution in [0.25, 0.3) is 16.9 Å². The van der Waals surface area contributed by atoms with Crippen LogP contribution in [0.1, 0.15) is 5.56 Å². The highest BCUT2D eigenvalue weighted by Gasteiger charge is 2.10. The Morgan fingerprint density at radius 3 is 2.46 bits per heavy atom. The smallest absolute Gasteiger partial charge is 0.215 e. The molecule has 0 amide bonds. The number of phenolic OH excluding ortho intramolecular Hbond substituents is 1. The van der Waals surface area contributed by atoms with E-state index in [1.807, 2.05) is 76.7 Å². The van der Waals surface area contributed by atoms with Gasteiger partial charge in [0.2, 0.25) is 4.80 Å². The van der Waals surface area contributed by atoms with Crippen LogP contribution in [0.5, 0.6) is 5.75 Å². The van der Waals surface area contributed by atoms with Gasteiger partial charge in [-0.3, -0.25) is 4.57 Å². The monoisotopic (exact) mass is 405 g/mol. The standard InChI is InChI=1S/C22H16ClN3OS/c23-18-11-9-16(10-12-18)14-24-25-22-26(19-6-2-1-3-7-19)21(15-28-22)17-5-4-8-20(27)13-17/h1-15,27H/b24-14+,25-22+. The number of aromatic nitrogens is 1. The van der Waals surface area contributed by atoms with Gasteiger partial charge in [-0.15, -0.1) is 16.4 Å². The van der Waals surface area contributed by atoms with Crippen LogP contribution in [-0.4, -0.2) is 15.9 Å². The van der Waals surface area contributed by atoms with E-state index < -0.39 is 0 Å². The molecule has 1 aromatic heterocycles. The molecule has 28 heavy (non-hydrogen) atoms. The summed E-state index contributed by atoms with van der Waals surface area (Å²) in [6.07, 6.45) is 1.69. The van der Waals surface area contributed by atoms with Crippen LogP contribution in [0.3, 0.4) is 0 Å². The lowest BCUT2D eigenvalue weighted by Gasteiger charge is -2.09. The van der Waals surface area contributed by atoms with Crippen LogP contribution in [0.15, 0.2) is 94.4 Å². The van der Waals surface area contributed by atoms with Gasteiger partial charge in [-0.1, -0.05) is 54.1 Å². The maximum atomic E-state index is 9.87. The molecule has 0 aliphatic carbocycles. The molecule has 0 unspecified atom stereocenters. The molecule has 0 atom stereocenters. The van der Waals surface area contributed by atoms with Crippen molar-refractivity contribution < 1.29 is 5.11 Å². The normalized spacial score (nSPS) is 12.0. The third-order valence-corrected chi connectivity index (χ3v) is 5.15. The number of aromatic hydroxyl groups is 1. The molecule has 4 nitrogen and oxygen atoms in total. The zero-order valence-corrected chi connectivity index (χ0v) is 16.3. The Bertz CT molecular complexity index is 1180. The van der Waals surface area contributed by atoms with Crippen LogP contribution < -0.4 is 4.80 Å². The fourth-order valence-electron chi connectivity index (χ4n) is 2.77. The van der Waals surface area contributed by atoms with Crippen molar-refractivity contribution in [2.75, 3.05) is 0 Å². The first-order valence-electron chi connectivity index (χ1n) is 8.59. The van der Waals surface area contributed by atoms with Crippen molar-refractivity contribution in [1.82, 2.24) is 4.57 Å². The molecule has 0 spiro atoms. The Hall–Kier alpha value is -3.15. The Morgan fingerprint density at radius 1 is 0.929 bits per heavy atom. The highest BCUT2D eigenvalue weighted by atomic mass is 35.5. The maximum absolute atomic E-state index is 9.87. The first-order chi connectivity index (χ1) is 13.7. The Kier molecular flexibility index (Phi) is 5.37. The molecule has 4 aromatic rings. The number of para-hydroxylation sites is 1. The van der Waals surface area contributed by atoms with Crippen LogP contribution in [0.4, 0.5) is 0 Å². The number of thiazole rings is 1. The summed E-state index contributed by atoms with van der Waals surface area (Å²) >= 11 is 7.40. The van der Waals surface area contributed by atoms with E-state index >= 15 is 0 Å². The molecule has 138 valence electrons. The van der Waals surface area contributed by atoms with Gasteiger partial charge in [0, 0.05) is 21.7 Å². The summed E-state index contributed by atoms with van der Waals surface area (Å²) in [6.45, 7) is 0. The Balaban J connectivity index is 1.80. The predicted molar refractivity (Wildman–Crippen MR) is 115 cm³/mol. The largest absolute Gasteiger partial charge is 0.508 e. The number of benzene rings is 3. The third-order valence-electron chi connectivity index (χ3n) is 4.08. The average molecular weight is 406 g/mol. The fraction of sp³-hybridized carbons (Fsp3) is 0. The third kappa shape index (κ3) is 4.06. The second-order valence-corrected chi connectivity index (χ2v) is 7.29. The highest BCUT2D eigenvalue weighted by Crippen LogP contribution is 2.26. The van der Waals surface area contributed by atoms with Crippen LogP contribution in [-0.2, 0) is 0 Å². The lowest BCUT2D eigenvalue weighted by atomic mass is 10.1. The lowest BCUT2D eigenvalue weighted by molar-refractivity contribution is 0.475. The minimum absolute atomic E-state index is 0.225.